The van der Waals surface area contributed by atoms with E-state index in [1.54, 1.807) is 40.1 Å². The van der Waals surface area contributed by atoms with Gasteiger partial charge in [0.05, 0.1) is 17.0 Å². The fourth-order valence-corrected chi connectivity index (χ4v) is 2.18. The number of hydrogen-bond acceptors (Lipinski definition) is 4. The second-order valence-electron chi connectivity index (χ2n) is 5.27. The first-order chi connectivity index (χ1) is 10.3. The van der Waals surface area contributed by atoms with Crippen LogP contribution in [0.15, 0.2) is 34.5 Å². The van der Waals surface area contributed by atoms with Crippen LogP contribution in [0.4, 0.5) is 0 Å². The number of allylic oxidation sites excluding steroid dienone is 4. The summed E-state index contributed by atoms with van der Waals surface area (Å²) in [6.45, 7) is 5.50. The van der Waals surface area contributed by atoms with Crippen molar-refractivity contribution < 1.29 is 9.90 Å². The van der Waals surface area contributed by atoms with Crippen LogP contribution >= 0.6 is 0 Å². The predicted octanol–water partition coefficient (Wildman–Crippen LogP) is 1.54. The fraction of sp³-hybridized carbons (Fsp3) is 0.312. The van der Waals surface area contributed by atoms with E-state index in [4.69, 9.17) is 0 Å². The van der Waals surface area contributed by atoms with Gasteiger partial charge in [0.25, 0.3) is 5.91 Å². The van der Waals surface area contributed by atoms with Crippen molar-refractivity contribution in [3.05, 3.63) is 40.6 Å². The highest BCUT2D eigenvalue weighted by atomic mass is 16.3. The second-order valence-corrected chi connectivity index (χ2v) is 5.27. The topological polar surface area (TPSA) is 73.5 Å². The normalized spacial score (nSPS) is 18.0. The number of hydrazone groups is 1. The molecular formula is C16H19N4O2-. The van der Waals surface area contributed by atoms with Crippen molar-refractivity contribution in [2.75, 3.05) is 7.05 Å². The zero-order valence-electron chi connectivity index (χ0n) is 13.4. The van der Waals surface area contributed by atoms with Crippen LogP contribution < -0.4 is 5.11 Å². The number of aryl methyl sites for hydroxylation is 2. The Hall–Kier alpha value is -2.63. The first-order valence-corrected chi connectivity index (χ1v) is 6.92. The van der Waals surface area contributed by atoms with Gasteiger partial charge >= 0.3 is 0 Å². The molecule has 6 heteroatoms. The molecule has 0 bridgehead atoms. The monoisotopic (exact) mass is 299 g/mol. The molecule has 0 N–H and O–H groups in total. The fourth-order valence-electron chi connectivity index (χ4n) is 2.18. The number of rotatable bonds is 3. The maximum atomic E-state index is 11.8. The Balaban J connectivity index is 2.19. The van der Waals surface area contributed by atoms with Crippen molar-refractivity contribution in [1.82, 2.24) is 14.8 Å². The molecule has 0 radical (unpaired) electrons. The standard InChI is InChI=1S/C16H20N4O2/c1-10(6-8-13-11(2)17-19(4)15(13)21)7-9-14-12(3)18-20(5)16(14)22/h6-9,21H,1-5H3/p-1/b8-6+,10-7+,14-9+. The van der Waals surface area contributed by atoms with Gasteiger partial charge in [-0.3, -0.25) is 9.48 Å². The van der Waals surface area contributed by atoms with Gasteiger partial charge in [-0.1, -0.05) is 23.8 Å². The molecule has 6 nitrogen and oxygen atoms in total. The minimum absolute atomic E-state index is 0.115. The third kappa shape index (κ3) is 3.00. The Bertz CT molecular complexity index is 736. The molecule has 0 unspecified atom stereocenters. The Morgan fingerprint density at radius 3 is 2.45 bits per heavy atom. The number of carbonyl (C=O) groups excluding carboxylic acids is 1. The van der Waals surface area contributed by atoms with Crippen LogP contribution in [-0.2, 0) is 11.8 Å². The highest BCUT2D eigenvalue weighted by molar-refractivity contribution is 6.23. The van der Waals surface area contributed by atoms with E-state index in [-0.39, 0.29) is 11.8 Å². The largest absolute Gasteiger partial charge is 0.858 e. The minimum atomic E-state index is -0.115. The van der Waals surface area contributed by atoms with Crippen LogP contribution in [0.2, 0.25) is 0 Å². The molecule has 1 aliphatic rings. The lowest BCUT2D eigenvalue weighted by molar-refractivity contribution is -0.279. The first kappa shape index (κ1) is 15.8. The first-order valence-electron chi connectivity index (χ1n) is 6.92. The molecule has 0 saturated heterocycles. The summed E-state index contributed by atoms with van der Waals surface area (Å²) >= 11 is 0. The van der Waals surface area contributed by atoms with E-state index in [0.29, 0.717) is 22.5 Å². The summed E-state index contributed by atoms with van der Waals surface area (Å²) in [5.41, 5.74) is 3.48. The van der Waals surface area contributed by atoms with E-state index in [1.165, 1.54) is 9.69 Å². The van der Waals surface area contributed by atoms with Crippen LogP contribution in [0.5, 0.6) is 5.88 Å². The zero-order chi connectivity index (χ0) is 16.4. The van der Waals surface area contributed by atoms with E-state index >= 15 is 0 Å². The van der Waals surface area contributed by atoms with E-state index in [0.717, 1.165) is 5.57 Å². The molecule has 1 amide bonds. The Morgan fingerprint density at radius 2 is 1.95 bits per heavy atom. The smallest absolute Gasteiger partial charge is 0.275 e. The Kier molecular flexibility index (Phi) is 4.30. The number of likely N-dealkylation sites (N-methyl/N-ethyl adjacent to an activating group) is 1. The van der Waals surface area contributed by atoms with Gasteiger partial charge in [-0.2, -0.15) is 10.2 Å². The van der Waals surface area contributed by atoms with Gasteiger partial charge in [-0.05, 0) is 32.7 Å². The van der Waals surface area contributed by atoms with Crippen molar-refractivity contribution in [2.45, 2.75) is 20.8 Å². The summed E-state index contributed by atoms with van der Waals surface area (Å²) in [5, 5.41) is 21.3. The zero-order valence-corrected chi connectivity index (χ0v) is 13.4. The molecule has 0 aromatic carbocycles. The summed E-state index contributed by atoms with van der Waals surface area (Å²) in [4.78, 5) is 11.8. The number of aromatic nitrogens is 2. The maximum absolute atomic E-state index is 11.8. The van der Waals surface area contributed by atoms with Gasteiger partial charge < -0.3 is 5.11 Å². The van der Waals surface area contributed by atoms with E-state index in [9.17, 15) is 9.90 Å². The van der Waals surface area contributed by atoms with Gasteiger partial charge in [0.2, 0.25) is 0 Å². The summed E-state index contributed by atoms with van der Waals surface area (Å²) in [7, 11) is 3.26. The van der Waals surface area contributed by atoms with Crippen LogP contribution in [0, 0.1) is 6.92 Å². The molecule has 116 valence electrons. The molecule has 0 fully saturated rings. The second kappa shape index (κ2) is 6.01. The van der Waals surface area contributed by atoms with Crippen LogP contribution in [0.1, 0.15) is 25.1 Å². The molecule has 0 saturated carbocycles. The third-order valence-electron chi connectivity index (χ3n) is 3.45. The molecule has 1 aromatic heterocycles. The lowest BCUT2D eigenvalue weighted by Crippen LogP contribution is -2.16. The lowest BCUT2D eigenvalue weighted by Gasteiger charge is -2.06. The summed E-state index contributed by atoms with van der Waals surface area (Å²) in [6.07, 6.45) is 7.16. The average Bonchev–Trinajstić information content (AvgIpc) is 2.83. The Labute approximate surface area is 129 Å². The molecule has 22 heavy (non-hydrogen) atoms. The van der Waals surface area contributed by atoms with Crippen molar-refractivity contribution in [3.63, 3.8) is 0 Å². The lowest BCUT2D eigenvalue weighted by atomic mass is 10.1. The average molecular weight is 299 g/mol. The molecule has 2 heterocycles. The van der Waals surface area contributed by atoms with Crippen LogP contribution in [0.3, 0.4) is 0 Å². The number of carbonyl (C=O) groups is 1. The number of amides is 1. The van der Waals surface area contributed by atoms with Crippen molar-refractivity contribution in [3.8, 4) is 5.88 Å². The highest BCUT2D eigenvalue weighted by Crippen LogP contribution is 2.19. The Morgan fingerprint density at radius 1 is 1.27 bits per heavy atom. The van der Waals surface area contributed by atoms with Crippen molar-refractivity contribution in [2.24, 2.45) is 12.1 Å². The van der Waals surface area contributed by atoms with Gasteiger partial charge in [0.15, 0.2) is 0 Å². The third-order valence-corrected chi connectivity index (χ3v) is 3.45. The van der Waals surface area contributed by atoms with E-state index < -0.39 is 0 Å². The molecular weight excluding hydrogens is 280 g/mol. The minimum Gasteiger partial charge on any atom is -0.858 e. The van der Waals surface area contributed by atoms with Crippen LogP contribution in [-0.4, -0.2) is 33.5 Å². The molecule has 0 aliphatic carbocycles. The van der Waals surface area contributed by atoms with Crippen molar-refractivity contribution in [1.29, 1.82) is 0 Å². The number of nitrogens with zero attached hydrogens (tertiary/aromatic N) is 4. The quantitative estimate of drug-likeness (QED) is 0.627. The maximum Gasteiger partial charge on any atom is 0.275 e. The summed E-state index contributed by atoms with van der Waals surface area (Å²) in [6, 6.07) is 0. The van der Waals surface area contributed by atoms with Gasteiger partial charge in [-0.25, -0.2) is 5.01 Å². The summed E-state index contributed by atoms with van der Waals surface area (Å²) < 4.78 is 1.32. The highest BCUT2D eigenvalue weighted by Gasteiger charge is 2.23. The van der Waals surface area contributed by atoms with Gasteiger partial charge in [-0.15, -0.1) is 0 Å². The van der Waals surface area contributed by atoms with Crippen molar-refractivity contribution >= 4 is 17.7 Å². The summed E-state index contributed by atoms with van der Waals surface area (Å²) in [5.74, 6) is -0.231. The van der Waals surface area contributed by atoms with Gasteiger partial charge in [0, 0.05) is 19.7 Å². The van der Waals surface area contributed by atoms with E-state index in [2.05, 4.69) is 10.2 Å². The predicted molar refractivity (Wildman–Crippen MR) is 84.1 cm³/mol. The van der Waals surface area contributed by atoms with Crippen LogP contribution in [0.25, 0.3) is 6.08 Å². The molecule has 0 atom stereocenters. The van der Waals surface area contributed by atoms with Gasteiger partial charge in [0.1, 0.15) is 0 Å². The molecule has 1 aliphatic heterocycles. The SMILES string of the molecule is CC1=NN(C)C(=O)/C1=C/C=C(C)/C=C/c1c(C)nn(C)c1[O-]. The van der Waals surface area contributed by atoms with E-state index in [1.807, 2.05) is 19.1 Å². The molecule has 2 rings (SSSR count). The number of hydrogen-bond donors (Lipinski definition) is 0. The molecule has 1 aromatic rings. The molecule has 0 spiro atoms.